The number of hydrogen-bond acceptors (Lipinski definition) is 6. The zero-order valence-corrected chi connectivity index (χ0v) is 17.2. The van der Waals surface area contributed by atoms with Gasteiger partial charge in [-0.05, 0) is 18.4 Å². The maximum Gasteiger partial charge on any atom is 0.340 e. The maximum atomic E-state index is 12.8. The van der Waals surface area contributed by atoms with Crippen LogP contribution < -0.4 is 19.5 Å². The highest BCUT2D eigenvalue weighted by molar-refractivity contribution is 6.03. The van der Waals surface area contributed by atoms with Gasteiger partial charge in [-0.25, -0.2) is 4.79 Å². The van der Waals surface area contributed by atoms with E-state index in [-0.39, 0.29) is 11.3 Å². The number of ether oxygens (including phenoxy) is 4. The molecule has 3 rings (SSSR count). The lowest BCUT2D eigenvalue weighted by atomic mass is 10.1. The first kappa shape index (κ1) is 21.0. The molecule has 0 bridgehead atoms. The second kappa shape index (κ2) is 9.17. The highest BCUT2D eigenvalue weighted by atomic mass is 16.5. The van der Waals surface area contributed by atoms with Crippen LogP contribution in [0.15, 0.2) is 54.6 Å². The summed E-state index contributed by atoms with van der Waals surface area (Å²) < 4.78 is 21.2. The van der Waals surface area contributed by atoms with E-state index >= 15 is 0 Å². The molecule has 0 spiro atoms. The second-order valence-corrected chi connectivity index (χ2v) is 6.47. The molecule has 0 aliphatic rings. The Hall–Kier alpha value is -3.74. The van der Waals surface area contributed by atoms with Gasteiger partial charge in [0, 0.05) is 17.5 Å². The van der Waals surface area contributed by atoms with Gasteiger partial charge < -0.3 is 24.3 Å². The third-order valence-electron chi connectivity index (χ3n) is 4.61. The number of anilines is 1. The van der Waals surface area contributed by atoms with Gasteiger partial charge in [0.15, 0.2) is 17.6 Å². The quantitative estimate of drug-likeness (QED) is 0.593. The number of esters is 1. The summed E-state index contributed by atoms with van der Waals surface area (Å²) in [6.45, 7) is 1.63. The van der Waals surface area contributed by atoms with Crippen molar-refractivity contribution in [2.24, 2.45) is 0 Å². The highest BCUT2D eigenvalue weighted by Gasteiger charge is 2.22. The third kappa shape index (κ3) is 4.30. The van der Waals surface area contributed by atoms with Crippen LogP contribution in [0.3, 0.4) is 0 Å². The minimum absolute atomic E-state index is 0.140. The van der Waals surface area contributed by atoms with E-state index in [9.17, 15) is 9.59 Å². The lowest BCUT2D eigenvalue weighted by Gasteiger charge is -2.18. The molecule has 0 unspecified atom stereocenters. The molecule has 7 nitrogen and oxygen atoms in total. The first-order valence-electron chi connectivity index (χ1n) is 9.28. The number of carbonyl (C=O) groups is 2. The van der Waals surface area contributed by atoms with Crippen molar-refractivity contribution in [1.29, 1.82) is 0 Å². The Morgan fingerprint density at radius 2 is 1.53 bits per heavy atom. The van der Waals surface area contributed by atoms with Gasteiger partial charge in [-0.15, -0.1) is 0 Å². The molecule has 0 fully saturated rings. The topological polar surface area (TPSA) is 83.1 Å². The predicted molar refractivity (Wildman–Crippen MR) is 114 cm³/mol. The fourth-order valence-corrected chi connectivity index (χ4v) is 3.04. The van der Waals surface area contributed by atoms with Crippen molar-refractivity contribution in [1.82, 2.24) is 0 Å². The van der Waals surface area contributed by atoms with E-state index in [0.29, 0.717) is 17.2 Å². The number of nitrogens with one attached hydrogen (secondary N) is 1. The molecule has 1 N–H and O–H groups in total. The number of methoxy groups -OCH3 is 3. The van der Waals surface area contributed by atoms with E-state index < -0.39 is 18.0 Å². The van der Waals surface area contributed by atoms with Gasteiger partial charge in [0.25, 0.3) is 5.91 Å². The van der Waals surface area contributed by atoms with E-state index in [2.05, 4.69) is 5.32 Å². The van der Waals surface area contributed by atoms with Crippen molar-refractivity contribution in [2.75, 3.05) is 26.6 Å². The summed E-state index contributed by atoms with van der Waals surface area (Å²) in [7, 11) is 4.18. The Morgan fingerprint density at radius 1 is 0.867 bits per heavy atom. The highest BCUT2D eigenvalue weighted by Crippen LogP contribution is 2.34. The van der Waals surface area contributed by atoms with Crippen molar-refractivity contribution in [3.05, 3.63) is 60.2 Å². The van der Waals surface area contributed by atoms with Crippen LogP contribution in [0.1, 0.15) is 17.3 Å². The van der Waals surface area contributed by atoms with Crippen molar-refractivity contribution in [3.8, 4) is 17.2 Å². The predicted octanol–water partition coefficient (Wildman–Crippen LogP) is 4.05. The number of benzene rings is 3. The zero-order chi connectivity index (χ0) is 21.7. The van der Waals surface area contributed by atoms with Crippen molar-refractivity contribution in [2.45, 2.75) is 13.0 Å². The molecule has 0 heterocycles. The van der Waals surface area contributed by atoms with Crippen LogP contribution >= 0.6 is 0 Å². The SMILES string of the molecule is COC(=O)c1cc(OC)c(OC)cc1NC(=O)[C@@H](C)Oc1cccc2ccccc12. The number of amides is 1. The van der Waals surface area contributed by atoms with E-state index in [1.807, 2.05) is 42.5 Å². The molecule has 0 saturated heterocycles. The molecule has 1 amide bonds. The van der Waals surface area contributed by atoms with Crippen LogP contribution in [0.4, 0.5) is 5.69 Å². The van der Waals surface area contributed by atoms with Gasteiger partial charge in [-0.1, -0.05) is 36.4 Å². The van der Waals surface area contributed by atoms with Crippen LogP contribution in [0.25, 0.3) is 10.8 Å². The number of carbonyl (C=O) groups excluding carboxylic acids is 2. The molecule has 30 heavy (non-hydrogen) atoms. The van der Waals surface area contributed by atoms with Crippen molar-refractivity contribution in [3.63, 3.8) is 0 Å². The van der Waals surface area contributed by atoms with E-state index in [1.54, 1.807) is 6.92 Å². The minimum atomic E-state index is -0.825. The molecule has 3 aromatic carbocycles. The van der Waals surface area contributed by atoms with Crippen LogP contribution in [0, 0.1) is 0 Å². The van der Waals surface area contributed by atoms with Gasteiger partial charge in [-0.3, -0.25) is 4.79 Å². The summed E-state index contributed by atoms with van der Waals surface area (Å²) >= 11 is 0. The monoisotopic (exact) mass is 409 g/mol. The average molecular weight is 409 g/mol. The molecule has 7 heteroatoms. The molecule has 0 radical (unpaired) electrons. The Balaban J connectivity index is 1.86. The molecule has 1 atom stereocenters. The van der Waals surface area contributed by atoms with Gasteiger partial charge in [0.2, 0.25) is 0 Å². The first-order valence-corrected chi connectivity index (χ1v) is 9.28. The summed E-state index contributed by atoms with van der Waals surface area (Å²) in [6, 6.07) is 16.4. The van der Waals surface area contributed by atoms with Crippen LogP contribution in [0.5, 0.6) is 17.2 Å². The van der Waals surface area contributed by atoms with Crippen LogP contribution in [-0.4, -0.2) is 39.3 Å². The lowest BCUT2D eigenvalue weighted by Crippen LogP contribution is -2.31. The van der Waals surface area contributed by atoms with E-state index in [1.165, 1.54) is 33.5 Å². The number of fused-ring (bicyclic) bond motifs is 1. The largest absolute Gasteiger partial charge is 0.493 e. The summed E-state index contributed by atoms with van der Waals surface area (Å²) in [6.07, 6.45) is -0.825. The second-order valence-electron chi connectivity index (χ2n) is 6.47. The van der Waals surface area contributed by atoms with Crippen LogP contribution in [-0.2, 0) is 9.53 Å². The van der Waals surface area contributed by atoms with Crippen LogP contribution in [0.2, 0.25) is 0 Å². The first-order chi connectivity index (χ1) is 14.5. The maximum absolute atomic E-state index is 12.8. The Bertz CT molecular complexity index is 1070. The molecular weight excluding hydrogens is 386 g/mol. The summed E-state index contributed by atoms with van der Waals surface area (Å²) in [5.74, 6) is 0.254. The van der Waals surface area contributed by atoms with E-state index in [0.717, 1.165) is 10.8 Å². The summed E-state index contributed by atoms with van der Waals surface area (Å²) in [5, 5.41) is 4.63. The molecular formula is C23H23NO6. The normalized spacial score (nSPS) is 11.5. The van der Waals surface area contributed by atoms with Gasteiger partial charge in [0.1, 0.15) is 5.75 Å². The number of rotatable bonds is 7. The Labute approximate surface area is 174 Å². The van der Waals surface area contributed by atoms with Gasteiger partial charge >= 0.3 is 5.97 Å². The Morgan fingerprint density at radius 3 is 2.23 bits per heavy atom. The third-order valence-corrected chi connectivity index (χ3v) is 4.61. The van der Waals surface area contributed by atoms with Gasteiger partial charge in [0.05, 0.1) is 32.6 Å². The lowest BCUT2D eigenvalue weighted by molar-refractivity contribution is -0.122. The molecule has 3 aromatic rings. The minimum Gasteiger partial charge on any atom is -0.493 e. The van der Waals surface area contributed by atoms with Crippen molar-refractivity contribution >= 4 is 28.3 Å². The standard InChI is InChI=1S/C23H23NO6/c1-14(30-19-11-7-9-15-8-5-6-10-16(15)19)22(25)24-18-13-21(28-3)20(27-2)12-17(18)23(26)29-4/h5-14H,1-4H3,(H,24,25)/t14-/m1/s1. The van der Waals surface area contributed by atoms with E-state index in [4.69, 9.17) is 18.9 Å². The van der Waals surface area contributed by atoms with Crippen molar-refractivity contribution < 1.29 is 28.5 Å². The Kier molecular flexibility index (Phi) is 6.41. The smallest absolute Gasteiger partial charge is 0.340 e. The average Bonchev–Trinajstić information content (AvgIpc) is 2.78. The zero-order valence-electron chi connectivity index (χ0n) is 17.2. The summed E-state index contributed by atoms with van der Waals surface area (Å²) in [5.41, 5.74) is 0.374. The fourth-order valence-electron chi connectivity index (χ4n) is 3.04. The molecule has 0 aliphatic carbocycles. The van der Waals surface area contributed by atoms with Gasteiger partial charge in [-0.2, -0.15) is 0 Å². The number of hydrogen-bond donors (Lipinski definition) is 1. The molecule has 156 valence electrons. The summed E-state index contributed by atoms with van der Waals surface area (Å²) in [4.78, 5) is 25.0. The molecule has 0 aromatic heterocycles. The fraction of sp³-hybridized carbons (Fsp3) is 0.217. The molecule has 0 saturated carbocycles. The molecule has 0 aliphatic heterocycles.